The third-order valence-corrected chi connectivity index (χ3v) is 4.55. The van der Waals surface area contributed by atoms with Crippen LogP contribution in [0.25, 0.3) is 0 Å². The maximum Gasteiger partial charge on any atom is 0.238 e. The molecule has 2 aromatic rings. The van der Waals surface area contributed by atoms with Crippen molar-refractivity contribution in [1.29, 1.82) is 0 Å². The Hall–Kier alpha value is -2.09. The van der Waals surface area contributed by atoms with Gasteiger partial charge in [0.25, 0.3) is 0 Å². The van der Waals surface area contributed by atoms with Crippen LogP contribution in [-0.4, -0.2) is 21.4 Å². The van der Waals surface area contributed by atoms with Crippen LogP contribution in [0.5, 0.6) is 5.75 Å². The van der Waals surface area contributed by atoms with E-state index in [9.17, 15) is 13.2 Å². The van der Waals surface area contributed by atoms with E-state index < -0.39 is 10.0 Å². The van der Waals surface area contributed by atoms with Gasteiger partial charge in [0.15, 0.2) is 0 Å². The highest BCUT2D eigenvalue weighted by Crippen LogP contribution is 2.27. The number of halogens is 1. The van der Waals surface area contributed by atoms with Gasteiger partial charge >= 0.3 is 0 Å². The number of hydrogen-bond acceptors (Lipinski definition) is 4. The first-order chi connectivity index (χ1) is 11.3. The van der Waals surface area contributed by atoms with Crippen molar-refractivity contribution in [2.24, 2.45) is 5.14 Å². The third-order valence-electron chi connectivity index (χ3n) is 3.33. The number of nitrogens with two attached hydrogens (primary N) is 1. The first-order valence-corrected chi connectivity index (χ1v) is 8.97. The van der Waals surface area contributed by atoms with Crippen molar-refractivity contribution in [3.05, 3.63) is 53.1 Å². The Morgan fingerprint density at radius 3 is 2.42 bits per heavy atom. The summed E-state index contributed by atoms with van der Waals surface area (Å²) in [5, 5.41) is 8.19. The average Bonchev–Trinajstić information content (AvgIpc) is 2.53. The molecule has 0 unspecified atom stereocenters. The zero-order valence-corrected chi connectivity index (χ0v) is 14.5. The van der Waals surface area contributed by atoms with Crippen LogP contribution in [0, 0.1) is 0 Å². The number of anilines is 1. The fourth-order valence-corrected chi connectivity index (χ4v) is 2.84. The molecule has 0 aromatic heterocycles. The zero-order chi connectivity index (χ0) is 17.7. The number of methoxy groups -OCH3 is 1. The summed E-state index contributed by atoms with van der Waals surface area (Å²) in [5.74, 6) is 0.358. The summed E-state index contributed by atoms with van der Waals surface area (Å²) in [4.78, 5) is 12.0. The molecule has 0 saturated carbocycles. The van der Waals surface area contributed by atoms with Crippen LogP contribution in [0.4, 0.5) is 5.69 Å². The Morgan fingerprint density at radius 1 is 1.21 bits per heavy atom. The quantitative estimate of drug-likeness (QED) is 0.818. The number of carbonyl (C=O) groups excluding carboxylic acids is 1. The van der Waals surface area contributed by atoms with E-state index in [1.54, 1.807) is 30.3 Å². The van der Waals surface area contributed by atoms with Crippen molar-refractivity contribution in [2.75, 3.05) is 12.4 Å². The van der Waals surface area contributed by atoms with Crippen LogP contribution in [-0.2, 0) is 21.2 Å². The number of aryl methyl sites for hydroxylation is 1. The van der Waals surface area contributed by atoms with Crippen molar-refractivity contribution in [1.82, 2.24) is 0 Å². The average molecular weight is 369 g/mol. The molecule has 2 rings (SSSR count). The normalized spacial score (nSPS) is 11.1. The van der Waals surface area contributed by atoms with E-state index in [0.29, 0.717) is 22.9 Å². The molecular weight excluding hydrogens is 352 g/mol. The topological polar surface area (TPSA) is 98.5 Å². The van der Waals surface area contributed by atoms with Crippen LogP contribution in [0.1, 0.15) is 12.0 Å². The molecule has 0 spiro atoms. The standard InChI is InChI=1S/C16H17ClN2O4S/c1-23-15-8-5-12(10-14(15)17)19-16(20)9-4-11-2-6-13(7-3-11)24(18,21)22/h2-3,5-8,10H,4,9H2,1H3,(H,19,20)(H2,18,21,22). The fourth-order valence-electron chi connectivity index (χ4n) is 2.07. The zero-order valence-electron chi connectivity index (χ0n) is 13.0. The van der Waals surface area contributed by atoms with Gasteiger partial charge in [0, 0.05) is 12.1 Å². The highest BCUT2D eigenvalue weighted by molar-refractivity contribution is 7.89. The molecular formula is C16H17ClN2O4S. The summed E-state index contributed by atoms with van der Waals surface area (Å²) in [5.41, 5.74) is 1.42. The number of hydrogen-bond donors (Lipinski definition) is 2. The predicted octanol–water partition coefficient (Wildman–Crippen LogP) is 2.57. The number of sulfonamides is 1. The molecule has 128 valence electrons. The van der Waals surface area contributed by atoms with Crippen LogP contribution >= 0.6 is 11.6 Å². The molecule has 0 aliphatic rings. The van der Waals surface area contributed by atoms with Crippen molar-refractivity contribution < 1.29 is 17.9 Å². The molecule has 0 aliphatic carbocycles. The molecule has 0 heterocycles. The lowest BCUT2D eigenvalue weighted by atomic mass is 10.1. The van der Waals surface area contributed by atoms with Gasteiger partial charge in [0.05, 0.1) is 17.0 Å². The summed E-state index contributed by atoms with van der Waals surface area (Å²) in [6.45, 7) is 0. The Kier molecular flexibility index (Phi) is 5.82. The van der Waals surface area contributed by atoms with Crippen LogP contribution < -0.4 is 15.2 Å². The summed E-state index contributed by atoms with van der Waals surface area (Å²) in [6.07, 6.45) is 0.721. The maximum atomic E-state index is 12.0. The Labute approximate surface area is 145 Å². The third kappa shape index (κ3) is 4.95. The van der Waals surface area contributed by atoms with E-state index in [1.807, 2.05) is 0 Å². The number of primary sulfonamides is 1. The molecule has 2 aromatic carbocycles. The molecule has 0 bridgehead atoms. The molecule has 0 saturated heterocycles. The minimum Gasteiger partial charge on any atom is -0.495 e. The van der Waals surface area contributed by atoms with E-state index in [-0.39, 0.29) is 17.2 Å². The van der Waals surface area contributed by atoms with Gasteiger partial charge in [0.1, 0.15) is 5.75 Å². The van der Waals surface area contributed by atoms with E-state index in [0.717, 1.165) is 5.56 Å². The van der Waals surface area contributed by atoms with Gasteiger partial charge in [-0.15, -0.1) is 0 Å². The molecule has 8 heteroatoms. The lowest BCUT2D eigenvalue weighted by Gasteiger charge is -2.08. The van der Waals surface area contributed by atoms with Crippen molar-refractivity contribution in [2.45, 2.75) is 17.7 Å². The van der Waals surface area contributed by atoms with Crippen LogP contribution in [0.2, 0.25) is 5.02 Å². The van der Waals surface area contributed by atoms with Crippen LogP contribution in [0.15, 0.2) is 47.4 Å². The number of rotatable bonds is 6. The number of benzene rings is 2. The first kappa shape index (κ1) is 18.3. The van der Waals surface area contributed by atoms with Gasteiger partial charge in [-0.1, -0.05) is 23.7 Å². The molecule has 6 nitrogen and oxygen atoms in total. The maximum absolute atomic E-state index is 12.0. The second-order valence-corrected chi connectivity index (χ2v) is 7.06. The molecule has 0 radical (unpaired) electrons. The lowest BCUT2D eigenvalue weighted by Crippen LogP contribution is -2.13. The number of nitrogens with one attached hydrogen (secondary N) is 1. The smallest absolute Gasteiger partial charge is 0.238 e. The Morgan fingerprint density at radius 2 is 1.88 bits per heavy atom. The Balaban J connectivity index is 1.92. The molecule has 0 atom stereocenters. The SMILES string of the molecule is COc1ccc(NC(=O)CCc2ccc(S(N)(=O)=O)cc2)cc1Cl. The summed E-state index contributed by atoms with van der Waals surface area (Å²) in [6, 6.07) is 11.1. The number of ether oxygens (including phenoxy) is 1. The summed E-state index contributed by atoms with van der Waals surface area (Å²) >= 11 is 6.00. The largest absolute Gasteiger partial charge is 0.495 e. The highest BCUT2D eigenvalue weighted by Gasteiger charge is 2.09. The van der Waals surface area contributed by atoms with Crippen molar-refractivity contribution in [3.63, 3.8) is 0 Å². The second-order valence-electron chi connectivity index (χ2n) is 5.09. The van der Waals surface area contributed by atoms with Gasteiger partial charge < -0.3 is 10.1 Å². The lowest BCUT2D eigenvalue weighted by molar-refractivity contribution is -0.116. The van der Waals surface area contributed by atoms with E-state index in [2.05, 4.69) is 5.32 Å². The van der Waals surface area contributed by atoms with Gasteiger partial charge in [-0.3, -0.25) is 4.79 Å². The first-order valence-electron chi connectivity index (χ1n) is 7.05. The van der Waals surface area contributed by atoms with Gasteiger partial charge in [-0.25, -0.2) is 13.6 Å². The van der Waals surface area contributed by atoms with Gasteiger partial charge in [0.2, 0.25) is 15.9 Å². The van der Waals surface area contributed by atoms with E-state index in [1.165, 1.54) is 19.2 Å². The predicted molar refractivity (Wildman–Crippen MR) is 92.8 cm³/mol. The minimum absolute atomic E-state index is 0.0450. The van der Waals surface area contributed by atoms with Crippen molar-refractivity contribution >= 4 is 33.2 Å². The Bertz CT molecular complexity index is 836. The van der Waals surface area contributed by atoms with Gasteiger partial charge in [-0.2, -0.15) is 0 Å². The second kappa shape index (κ2) is 7.65. The van der Waals surface area contributed by atoms with Crippen LogP contribution in [0.3, 0.4) is 0 Å². The molecule has 0 aliphatic heterocycles. The molecule has 3 N–H and O–H groups in total. The number of carbonyl (C=O) groups is 1. The highest BCUT2D eigenvalue weighted by atomic mass is 35.5. The van der Waals surface area contributed by atoms with Gasteiger partial charge in [-0.05, 0) is 42.3 Å². The minimum atomic E-state index is -3.70. The van der Waals surface area contributed by atoms with E-state index >= 15 is 0 Å². The monoisotopic (exact) mass is 368 g/mol. The molecule has 1 amide bonds. The summed E-state index contributed by atoms with van der Waals surface area (Å²) < 4.78 is 27.4. The van der Waals surface area contributed by atoms with E-state index in [4.69, 9.17) is 21.5 Å². The number of amides is 1. The van der Waals surface area contributed by atoms with Crippen molar-refractivity contribution in [3.8, 4) is 5.75 Å². The summed E-state index contributed by atoms with van der Waals surface area (Å²) in [7, 11) is -2.19. The molecule has 24 heavy (non-hydrogen) atoms. The molecule has 0 fully saturated rings. The fraction of sp³-hybridized carbons (Fsp3) is 0.188.